The third-order valence-electron chi connectivity index (χ3n) is 2.23. The molecule has 17 heavy (non-hydrogen) atoms. The number of hydrogen-bond acceptors (Lipinski definition) is 5. The molecule has 6 nitrogen and oxygen atoms in total. The Morgan fingerprint density at radius 2 is 1.71 bits per heavy atom. The zero-order valence-electron chi connectivity index (χ0n) is 8.58. The number of H-pyrrole nitrogens is 1. The zero-order valence-corrected chi connectivity index (χ0v) is 9.40. The van der Waals surface area contributed by atoms with E-state index in [4.69, 9.17) is 10.8 Å². The Morgan fingerprint density at radius 3 is 2.18 bits per heavy atom. The Morgan fingerprint density at radius 1 is 1.12 bits per heavy atom. The molecule has 7 heteroatoms. The highest BCUT2D eigenvalue weighted by molar-refractivity contribution is 7.91. The number of benzene rings is 1. The van der Waals surface area contributed by atoms with Crippen molar-refractivity contribution >= 4 is 15.5 Å². The fraction of sp³-hybridized carbons (Fsp3) is 0. The van der Waals surface area contributed by atoms with E-state index in [1.165, 1.54) is 24.3 Å². The van der Waals surface area contributed by atoms with Gasteiger partial charge in [0.2, 0.25) is 15.7 Å². The zero-order chi connectivity index (χ0) is 12.6. The van der Waals surface area contributed by atoms with Gasteiger partial charge in [-0.25, -0.2) is 8.42 Å². The molecular formula is C10H10N2O4S. The fourth-order valence-electron chi connectivity index (χ4n) is 1.39. The molecule has 0 aliphatic carbocycles. The van der Waals surface area contributed by atoms with E-state index >= 15 is 0 Å². The summed E-state index contributed by atoms with van der Waals surface area (Å²) in [6.45, 7) is 0. The maximum atomic E-state index is 12.0. The van der Waals surface area contributed by atoms with E-state index in [2.05, 4.69) is 4.98 Å². The largest absolute Gasteiger partial charge is 0.494 e. The van der Waals surface area contributed by atoms with Gasteiger partial charge in [0.25, 0.3) is 0 Å². The molecule has 0 atom stereocenters. The first-order chi connectivity index (χ1) is 7.91. The quantitative estimate of drug-likeness (QED) is 0.592. The van der Waals surface area contributed by atoms with Gasteiger partial charge < -0.3 is 15.9 Å². The van der Waals surface area contributed by atoms with E-state index in [0.717, 1.165) is 6.07 Å². The van der Waals surface area contributed by atoms with Crippen LogP contribution in [0.2, 0.25) is 0 Å². The summed E-state index contributed by atoms with van der Waals surface area (Å²) in [5.74, 6) is -1.02. The molecule has 1 aromatic heterocycles. The van der Waals surface area contributed by atoms with Crippen LogP contribution >= 0.6 is 0 Å². The maximum absolute atomic E-state index is 12.0. The summed E-state index contributed by atoms with van der Waals surface area (Å²) in [4.78, 5) is 1.71. The van der Waals surface area contributed by atoms with Gasteiger partial charge in [0.15, 0.2) is 5.88 Å². The van der Waals surface area contributed by atoms with E-state index in [-0.39, 0.29) is 9.79 Å². The minimum Gasteiger partial charge on any atom is -0.494 e. The smallest absolute Gasteiger partial charge is 0.212 e. The van der Waals surface area contributed by atoms with Crippen LogP contribution in [-0.4, -0.2) is 23.6 Å². The van der Waals surface area contributed by atoms with Crippen molar-refractivity contribution in [2.45, 2.75) is 9.79 Å². The molecule has 90 valence electrons. The Balaban J connectivity index is 2.57. The predicted octanol–water partition coefficient (Wildman–Crippen LogP) is 0.841. The average molecular weight is 254 g/mol. The monoisotopic (exact) mass is 254 g/mol. The van der Waals surface area contributed by atoms with Crippen molar-refractivity contribution in [2.24, 2.45) is 0 Å². The minimum atomic E-state index is -3.86. The number of anilines is 1. The number of nitrogen functional groups attached to an aromatic ring is 1. The molecule has 1 aromatic carbocycles. The van der Waals surface area contributed by atoms with Gasteiger partial charge in [0, 0.05) is 11.8 Å². The number of hydrogen-bond donors (Lipinski definition) is 4. The third kappa shape index (κ3) is 1.92. The number of nitrogens with two attached hydrogens (primary N) is 1. The van der Waals surface area contributed by atoms with Crippen molar-refractivity contribution in [1.29, 1.82) is 0 Å². The predicted molar refractivity (Wildman–Crippen MR) is 60.4 cm³/mol. The molecule has 0 aliphatic rings. The Labute approximate surface area is 97.3 Å². The Kier molecular flexibility index (Phi) is 2.47. The first kappa shape index (κ1) is 11.3. The van der Waals surface area contributed by atoms with Gasteiger partial charge in [-0.1, -0.05) is 0 Å². The number of sulfone groups is 1. The summed E-state index contributed by atoms with van der Waals surface area (Å²) < 4.78 is 24.1. The fourth-order valence-corrected chi connectivity index (χ4v) is 2.71. The maximum Gasteiger partial charge on any atom is 0.212 e. The molecular weight excluding hydrogens is 244 g/mol. The van der Waals surface area contributed by atoms with Crippen LogP contribution in [0.15, 0.2) is 40.1 Å². The normalized spacial score (nSPS) is 11.5. The van der Waals surface area contributed by atoms with Gasteiger partial charge in [0.1, 0.15) is 4.90 Å². The number of rotatable bonds is 2. The van der Waals surface area contributed by atoms with Crippen molar-refractivity contribution in [3.05, 3.63) is 30.3 Å². The van der Waals surface area contributed by atoms with Gasteiger partial charge in [-0.05, 0) is 24.3 Å². The van der Waals surface area contributed by atoms with E-state index in [9.17, 15) is 13.5 Å². The number of nitrogens with one attached hydrogen (secondary N) is 1. The summed E-state index contributed by atoms with van der Waals surface area (Å²) >= 11 is 0. The lowest BCUT2D eigenvalue weighted by atomic mass is 10.3. The highest BCUT2D eigenvalue weighted by Gasteiger charge is 2.23. The molecule has 0 radical (unpaired) electrons. The number of aromatic nitrogens is 1. The van der Waals surface area contributed by atoms with Crippen LogP contribution in [0.1, 0.15) is 0 Å². The van der Waals surface area contributed by atoms with Crippen LogP contribution in [0.25, 0.3) is 0 Å². The van der Waals surface area contributed by atoms with Crippen molar-refractivity contribution in [3.63, 3.8) is 0 Å². The van der Waals surface area contributed by atoms with Crippen LogP contribution in [0, 0.1) is 0 Å². The molecule has 0 unspecified atom stereocenters. The van der Waals surface area contributed by atoms with Crippen LogP contribution in [0.4, 0.5) is 5.69 Å². The lowest BCUT2D eigenvalue weighted by Gasteiger charge is -2.02. The van der Waals surface area contributed by atoms with Crippen LogP contribution in [0.5, 0.6) is 11.8 Å². The van der Waals surface area contributed by atoms with Crippen molar-refractivity contribution < 1.29 is 18.6 Å². The van der Waals surface area contributed by atoms with E-state index in [1.807, 2.05) is 0 Å². The van der Waals surface area contributed by atoms with E-state index < -0.39 is 21.6 Å². The number of aromatic hydroxyl groups is 2. The lowest BCUT2D eigenvalue weighted by Crippen LogP contribution is -2.01. The molecule has 1 heterocycles. The summed E-state index contributed by atoms with van der Waals surface area (Å²) in [5, 5.41) is 18.5. The third-order valence-corrected chi connectivity index (χ3v) is 4.01. The van der Waals surface area contributed by atoms with Gasteiger partial charge in [-0.3, -0.25) is 4.98 Å². The van der Waals surface area contributed by atoms with E-state index in [0.29, 0.717) is 5.69 Å². The van der Waals surface area contributed by atoms with Crippen LogP contribution in [-0.2, 0) is 9.84 Å². The Hall–Kier alpha value is -2.15. The second kappa shape index (κ2) is 3.70. The molecule has 2 aromatic rings. The standard InChI is InChI=1S/C10H10N2O4S/c11-6-1-3-7(4-2-6)17(15,16)8-5-9(13)12-10(8)14/h1-5,12-14H,11H2. The molecule has 0 aliphatic heterocycles. The van der Waals surface area contributed by atoms with Gasteiger partial charge in [-0.2, -0.15) is 0 Å². The van der Waals surface area contributed by atoms with Gasteiger partial charge in [0.05, 0.1) is 4.90 Å². The summed E-state index contributed by atoms with van der Waals surface area (Å²) in [6.07, 6.45) is 0. The lowest BCUT2D eigenvalue weighted by molar-refractivity contribution is 0.420. The van der Waals surface area contributed by atoms with Crippen molar-refractivity contribution in [3.8, 4) is 11.8 Å². The molecule has 0 saturated carbocycles. The molecule has 2 rings (SSSR count). The first-order valence-electron chi connectivity index (χ1n) is 4.63. The highest BCUT2D eigenvalue weighted by atomic mass is 32.2. The van der Waals surface area contributed by atoms with Gasteiger partial charge >= 0.3 is 0 Å². The molecule has 0 fully saturated rings. The molecule has 5 N–H and O–H groups in total. The van der Waals surface area contributed by atoms with Crippen molar-refractivity contribution in [1.82, 2.24) is 4.98 Å². The Bertz CT molecular complexity index is 643. The average Bonchev–Trinajstić information content (AvgIpc) is 2.59. The summed E-state index contributed by atoms with van der Waals surface area (Å²) in [5.41, 5.74) is 5.89. The first-order valence-corrected chi connectivity index (χ1v) is 6.11. The van der Waals surface area contributed by atoms with Gasteiger partial charge in [-0.15, -0.1) is 0 Å². The van der Waals surface area contributed by atoms with Crippen LogP contribution < -0.4 is 5.73 Å². The minimum absolute atomic E-state index is 0.0130. The van der Waals surface area contributed by atoms with E-state index in [1.54, 1.807) is 0 Å². The van der Waals surface area contributed by atoms with Crippen LogP contribution in [0.3, 0.4) is 0 Å². The highest BCUT2D eigenvalue weighted by Crippen LogP contribution is 2.31. The van der Waals surface area contributed by atoms with Crippen molar-refractivity contribution in [2.75, 3.05) is 5.73 Å². The SMILES string of the molecule is Nc1ccc(S(=O)(=O)c2cc(O)[nH]c2O)cc1. The second-order valence-electron chi connectivity index (χ2n) is 3.44. The number of aromatic amines is 1. The molecule has 0 amide bonds. The second-order valence-corrected chi connectivity index (χ2v) is 5.36. The molecule has 0 saturated heterocycles. The summed E-state index contributed by atoms with van der Waals surface area (Å²) in [7, 11) is -3.86. The molecule has 0 spiro atoms. The topological polar surface area (TPSA) is 116 Å². The summed E-state index contributed by atoms with van der Waals surface area (Å²) in [6, 6.07) is 6.48. The molecule has 0 bridgehead atoms.